The van der Waals surface area contributed by atoms with Crippen LogP contribution in [0.25, 0.3) is 0 Å². The maximum Gasteiger partial charge on any atom is 0.224 e. The number of halogens is 1. The molecular formula is C16H20ClN5O. The lowest BCUT2D eigenvalue weighted by Gasteiger charge is -2.34. The lowest BCUT2D eigenvalue weighted by molar-refractivity contribution is -0.133. The van der Waals surface area contributed by atoms with E-state index in [9.17, 15) is 4.79 Å². The largest absolute Gasteiger partial charge is 0.340 e. The van der Waals surface area contributed by atoms with E-state index in [-0.39, 0.29) is 5.91 Å². The third-order valence-corrected chi connectivity index (χ3v) is 4.31. The van der Waals surface area contributed by atoms with Crippen LogP contribution in [0.4, 0.5) is 0 Å². The van der Waals surface area contributed by atoms with Crippen molar-refractivity contribution in [2.75, 3.05) is 26.2 Å². The van der Waals surface area contributed by atoms with E-state index in [1.54, 1.807) is 12.7 Å². The molecule has 6 nitrogen and oxygen atoms in total. The summed E-state index contributed by atoms with van der Waals surface area (Å²) in [7, 11) is 0. The average Bonchev–Trinajstić information content (AvgIpc) is 3.07. The summed E-state index contributed by atoms with van der Waals surface area (Å²) in [4.78, 5) is 16.5. The fourth-order valence-corrected chi connectivity index (χ4v) is 2.98. The Hall–Kier alpha value is -1.92. The van der Waals surface area contributed by atoms with Crippen LogP contribution in [0, 0.1) is 0 Å². The van der Waals surface area contributed by atoms with Crippen molar-refractivity contribution < 1.29 is 4.79 Å². The summed E-state index contributed by atoms with van der Waals surface area (Å²) >= 11 is 6.02. The second kappa shape index (κ2) is 7.57. The molecule has 0 saturated carbocycles. The van der Waals surface area contributed by atoms with E-state index in [1.807, 2.05) is 27.7 Å². The number of nitrogens with zero attached hydrogens (tertiary/aromatic N) is 5. The van der Waals surface area contributed by atoms with Gasteiger partial charge >= 0.3 is 0 Å². The van der Waals surface area contributed by atoms with Crippen molar-refractivity contribution in [1.82, 2.24) is 24.6 Å². The van der Waals surface area contributed by atoms with Crippen molar-refractivity contribution in [3.05, 3.63) is 47.5 Å². The molecule has 1 aliphatic heterocycles. The van der Waals surface area contributed by atoms with Crippen molar-refractivity contribution in [2.24, 2.45) is 0 Å². The molecule has 122 valence electrons. The van der Waals surface area contributed by atoms with Gasteiger partial charge in [-0.05, 0) is 17.7 Å². The highest BCUT2D eigenvalue weighted by molar-refractivity contribution is 6.30. The smallest absolute Gasteiger partial charge is 0.224 e. The zero-order chi connectivity index (χ0) is 16.1. The second-order valence-electron chi connectivity index (χ2n) is 5.74. The van der Waals surface area contributed by atoms with Crippen molar-refractivity contribution >= 4 is 17.5 Å². The van der Waals surface area contributed by atoms with Crippen LogP contribution in [0.2, 0.25) is 5.02 Å². The third-order valence-electron chi connectivity index (χ3n) is 4.07. The van der Waals surface area contributed by atoms with E-state index >= 15 is 0 Å². The minimum absolute atomic E-state index is 0.195. The molecule has 1 aromatic carbocycles. The molecule has 0 spiro atoms. The van der Waals surface area contributed by atoms with Crippen LogP contribution in [-0.2, 0) is 17.9 Å². The average molecular weight is 334 g/mol. The number of rotatable bonds is 5. The van der Waals surface area contributed by atoms with Crippen LogP contribution in [0.5, 0.6) is 0 Å². The predicted molar refractivity (Wildman–Crippen MR) is 87.9 cm³/mol. The number of carbonyl (C=O) groups is 1. The van der Waals surface area contributed by atoms with Gasteiger partial charge in [-0.3, -0.25) is 9.69 Å². The number of benzene rings is 1. The summed E-state index contributed by atoms with van der Waals surface area (Å²) in [6, 6.07) is 7.95. The molecule has 0 radical (unpaired) electrons. The van der Waals surface area contributed by atoms with Crippen molar-refractivity contribution in [1.29, 1.82) is 0 Å². The molecule has 23 heavy (non-hydrogen) atoms. The van der Waals surface area contributed by atoms with Gasteiger partial charge in [0.25, 0.3) is 0 Å². The molecule has 0 atom stereocenters. The van der Waals surface area contributed by atoms with Gasteiger partial charge in [0.2, 0.25) is 5.91 Å². The normalized spacial score (nSPS) is 15.8. The molecule has 0 bridgehead atoms. The monoisotopic (exact) mass is 333 g/mol. The van der Waals surface area contributed by atoms with Crippen LogP contribution >= 0.6 is 11.6 Å². The molecule has 0 unspecified atom stereocenters. The number of amides is 1. The predicted octanol–water partition coefficient (Wildman–Crippen LogP) is 1.67. The number of carbonyl (C=O) groups excluding carboxylic acids is 1. The van der Waals surface area contributed by atoms with Gasteiger partial charge in [-0.15, -0.1) is 10.2 Å². The summed E-state index contributed by atoms with van der Waals surface area (Å²) in [5.41, 5.74) is 1.21. The third kappa shape index (κ3) is 4.53. The van der Waals surface area contributed by atoms with Gasteiger partial charge in [-0.1, -0.05) is 23.7 Å². The van der Waals surface area contributed by atoms with Crippen LogP contribution < -0.4 is 0 Å². The molecule has 2 aromatic rings. The summed E-state index contributed by atoms with van der Waals surface area (Å²) in [5.74, 6) is 0.195. The first-order chi connectivity index (χ1) is 11.2. The highest BCUT2D eigenvalue weighted by atomic mass is 35.5. The minimum atomic E-state index is 0.195. The van der Waals surface area contributed by atoms with E-state index in [4.69, 9.17) is 11.6 Å². The van der Waals surface area contributed by atoms with Gasteiger partial charge in [0.05, 0.1) is 0 Å². The summed E-state index contributed by atoms with van der Waals surface area (Å²) < 4.78 is 1.83. The van der Waals surface area contributed by atoms with Gasteiger partial charge in [0.15, 0.2) is 0 Å². The Morgan fingerprint density at radius 3 is 2.57 bits per heavy atom. The Balaban J connectivity index is 1.43. The Labute approximate surface area is 140 Å². The summed E-state index contributed by atoms with van der Waals surface area (Å²) in [6.07, 6.45) is 3.76. The van der Waals surface area contributed by atoms with Gasteiger partial charge < -0.3 is 9.47 Å². The molecule has 0 aliphatic carbocycles. The minimum Gasteiger partial charge on any atom is -0.340 e. The molecular weight excluding hydrogens is 314 g/mol. The first-order valence-electron chi connectivity index (χ1n) is 7.78. The lowest BCUT2D eigenvalue weighted by atomic mass is 10.2. The molecule has 1 aliphatic rings. The van der Waals surface area contributed by atoms with Crippen molar-refractivity contribution in [3.63, 3.8) is 0 Å². The quantitative estimate of drug-likeness (QED) is 0.835. The second-order valence-corrected chi connectivity index (χ2v) is 6.17. The molecule has 1 fully saturated rings. The maximum atomic E-state index is 12.2. The first-order valence-corrected chi connectivity index (χ1v) is 8.15. The number of hydrogen-bond acceptors (Lipinski definition) is 4. The molecule has 2 heterocycles. The van der Waals surface area contributed by atoms with Gasteiger partial charge in [-0.2, -0.15) is 0 Å². The van der Waals surface area contributed by atoms with Crippen LogP contribution in [-0.4, -0.2) is 56.7 Å². The molecule has 3 rings (SSSR count). The standard InChI is InChI=1S/C16H20ClN5O/c17-15-3-1-2-14(10-15)11-20-6-8-22(9-7-20)16(23)4-5-21-12-18-19-13-21/h1-3,10,12-13H,4-9,11H2. The van der Waals surface area contributed by atoms with Crippen molar-refractivity contribution in [2.45, 2.75) is 19.5 Å². The highest BCUT2D eigenvalue weighted by Crippen LogP contribution is 2.14. The van der Waals surface area contributed by atoms with Crippen LogP contribution in [0.3, 0.4) is 0 Å². The zero-order valence-corrected chi connectivity index (χ0v) is 13.7. The highest BCUT2D eigenvalue weighted by Gasteiger charge is 2.20. The Bertz CT molecular complexity index is 638. The maximum absolute atomic E-state index is 12.2. The molecule has 1 amide bonds. The SMILES string of the molecule is O=C(CCn1cnnc1)N1CCN(Cc2cccc(Cl)c2)CC1. The summed E-state index contributed by atoms with van der Waals surface area (Å²) in [5, 5.41) is 8.25. The van der Waals surface area contributed by atoms with E-state index in [1.165, 1.54) is 5.56 Å². The van der Waals surface area contributed by atoms with Crippen molar-refractivity contribution in [3.8, 4) is 0 Å². The Morgan fingerprint density at radius 2 is 1.87 bits per heavy atom. The fourth-order valence-electron chi connectivity index (χ4n) is 2.77. The summed E-state index contributed by atoms with van der Waals surface area (Å²) in [6.45, 7) is 4.86. The number of piperazine rings is 1. The van der Waals surface area contributed by atoms with Gasteiger partial charge in [-0.25, -0.2) is 0 Å². The molecule has 0 N–H and O–H groups in total. The first kappa shape index (κ1) is 16.0. The molecule has 1 aromatic heterocycles. The van der Waals surface area contributed by atoms with E-state index in [0.717, 1.165) is 37.7 Å². The lowest BCUT2D eigenvalue weighted by Crippen LogP contribution is -2.48. The van der Waals surface area contributed by atoms with Crippen LogP contribution in [0.1, 0.15) is 12.0 Å². The Kier molecular flexibility index (Phi) is 5.25. The van der Waals surface area contributed by atoms with E-state index in [0.29, 0.717) is 13.0 Å². The number of hydrogen-bond donors (Lipinski definition) is 0. The number of aromatic nitrogens is 3. The zero-order valence-electron chi connectivity index (χ0n) is 12.9. The number of aryl methyl sites for hydroxylation is 1. The Morgan fingerprint density at radius 1 is 1.13 bits per heavy atom. The molecule has 7 heteroatoms. The van der Waals surface area contributed by atoms with Crippen LogP contribution in [0.15, 0.2) is 36.9 Å². The topological polar surface area (TPSA) is 54.3 Å². The van der Waals surface area contributed by atoms with E-state index < -0.39 is 0 Å². The fraction of sp³-hybridized carbons (Fsp3) is 0.438. The molecule has 1 saturated heterocycles. The van der Waals surface area contributed by atoms with E-state index in [2.05, 4.69) is 21.2 Å². The van der Waals surface area contributed by atoms with Gasteiger partial charge in [0, 0.05) is 50.7 Å². The van der Waals surface area contributed by atoms with Gasteiger partial charge in [0.1, 0.15) is 12.7 Å².